The Morgan fingerprint density at radius 3 is 3.19 bits per heavy atom. The van der Waals surface area contributed by atoms with E-state index in [1.165, 1.54) is 19.5 Å². The summed E-state index contributed by atoms with van der Waals surface area (Å²) < 4.78 is 0. The molecule has 1 fully saturated rings. The zero-order valence-electron chi connectivity index (χ0n) is 9.62. The van der Waals surface area contributed by atoms with Crippen molar-refractivity contribution in [3.8, 4) is 0 Å². The van der Waals surface area contributed by atoms with E-state index in [0.717, 1.165) is 24.7 Å². The van der Waals surface area contributed by atoms with Gasteiger partial charge in [0.25, 0.3) is 0 Å². The topological polar surface area (TPSA) is 28.2 Å². The number of halogens is 1. The summed E-state index contributed by atoms with van der Waals surface area (Å²) in [6.07, 6.45) is 3.03. The van der Waals surface area contributed by atoms with Gasteiger partial charge in [0.05, 0.1) is 0 Å². The highest BCUT2D eigenvalue weighted by atomic mass is 35.5. The lowest BCUT2D eigenvalue weighted by atomic mass is 10.1. The number of nitrogens with zero attached hydrogens (tertiary/aromatic N) is 2. The first-order valence-electron chi connectivity index (χ1n) is 5.85. The van der Waals surface area contributed by atoms with Gasteiger partial charge in [-0.3, -0.25) is 0 Å². The minimum Gasteiger partial charge on any atom is -0.385 e. The summed E-state index contributed by atoms with van der Waals surface area (Å²) in [6, 6.07) is 3.83. The van der Waals surface area contributed by atoms with Crippen molar-refractivity contribution >= 4 is 17.3 Å². The van der Waals surface area contributed by atoms with Gasteiger partial charge in [-0.1, -0.05) is 18.5 Å². The van der Waals surface area contributed by atoms with Crippen molar-refractivity contribution in [3.63, 3.8) is 0 Å². The number of likely N-dealkylation sites (tertiary alicyclic amines) is 1. The van der Waals surface area contributed by atoms with Crippen LogP contribution >= 0.6 is 11.6 Å². The van der Waals surface area contributed by atoms with Gasteiger partial charge in [-0.2, -0.15) is 0 Å². The molecule has 0 spiro atoms. The molecule has 1 N–H and O–H groups in total. The molecule has 3 nitrogen and oxygen atoms in total. The maximum absolute atomic E-state index is 5.83. The molecule has 0 aromatic carbocycles. The van der Waals surface area contributed by atoms with Crippen LogP contribution in [0.25, 0.3) is 0 Å². The smallest absolute Gasteiger partial charge is 0.131 e. The fraction of sp³-hybridized carbons (Fsp3) is 0.583. The molecule has 4 heteroatoms. The zero-order valence-corrected chi connectivity index (χ0v) is 10.4. The molecule has 1 aliphatic rings. The molecule has 88 valence electrons. The first kappa shape index (κ1) is 11.7. The van der Waals surface area contributed by atoms with Crippen molar-refractivity contribution in [1.29, 1.82) is 0 Å². The fourth-order valence-corrected chi connectivity index (χ4v) is 2.32. The number of aromatic nitrogens is 1. The van der Waals surface area contributed by atoms with Crippen LogP contribution in [0.3, 0.4) is 0 Å². The number of nitrogens with one attached hydrogen (secondary N) is 1. The van der Waals surface area contributed by atoms with Crippen LogP contribution < -0.4 is 5.32 Å². The molecule has 1 aromatic heterocycles. The second kappa shape index (κ2) is 5.51. The van der Waals surface area contributed by atoms with Crippen molar-refractivity contribution in [2.75, 3.05) is 31.5 Å². The lowest BCUT2D eigenvalue weighted by Gasteiger charge is -2.14. The lowest BCUT2D eigenvalue weighted by molar-refractivity contribution is 0.345. The predicted molar refractivity (Wildman–Crippen MR) is 68.0 cm³/mol. The van der Waals surface area contributed by atoms with Crippen LogP contribution in [0, 0.1) is 5.92 Å². The minimum atomic E-state index is 0.548. The molecular weight excluding hydrogens is 222 g/mol. The van der Waals surface area contributed by atoms with Crippen molar-refractivity contribution in [3.05, 3.63) is 23.5 Å². The van der Waals surface area contributed by atoms with Gasteiger partial charge >= 0.3 is 0 Å². The van der Waals surface area contributed by atoms with Gasteiger partial charge in [-0.05, 0) is 37.6 Å². The van der Waals surface area contributed by atoms with Crippen LogP contribution in [-0.2, 0) is 0 Å². The predicted octanol–water partition coefficient (Wildman–Crippen LogP) is 2.49. The Kier molecular flexibility index (Phi) is 4.02. The molecule has 1 saturated heterocycles. The Balaban J connectivity index is 1.80. The number of hydrogen-bond acceptors (Lipinski definition) is 3. The average molecular weight is 240 g/mol. The fourth-order valence-electron chi connectivity index (χ4n) is 2.14. The van der Waals surface area contributed by atoms with Gasteiger partial charge in [0.1, 0.15) is 5.15 Å². The van der Waals surface area contributed by atoms with E-state index >= 15 is 0 Å². The van der Waals surface area contributed by atoms with E-state index in [0.29, 0.717) is 5.15 Å². The quantitative estimate of drug-likeness (QED) is 0.819. The monoisotopic (exact) mass is 239 g/mol. The number of rotatable bonds is 4. The number of anilines is 1. The molecule has 1 atom stereocenters. The van der Waals surface area contributed by atoms with E-state index in [1.807, 2.05) is 12.1 Å². The molecule has 2 heterocycles. The third-order valence-electron chi connectivity index (χ3n) is 3.14. The number of pyridine rings is 1. The molecule has 0 amide bonds. The van der Waals surface area contributed by atoms with E-state index in [1.54, 1.807) is 6.20 Å². The first-order chi connectivity index (χ1) is 7.78. The van der Waals surface area contributed by atoms with Crippen LogP contribution in [-0.4, -0.2) is 36.1 Å². The summed E-state index contributed by atoms with van der Waals surface area (Å²) in [5.74, 6) is 0.756. The van der Waals surface area contributed by atoms with Crippen molar-refractivity contribution in [1.82, 2.24) is 9.88 Å². The van der Waals surface area contributed by atoms with Gasteiger partial charge in [0, 0.05) is 25.0 Å². The summed E-state index contributed by atoms with van der Waals surface area (Å²) in [5.41, 5.74) is 1.06. The molecule has 0 aliphatic carbocycles. The molecular formula is C12H18ClN3. The molecule has 1 aliphatic heterocycles. The summed E-state index contributed by atoms with van der Waals surface area (Å²) in [6.45, 7) is 6.86. The summed E-state index contributed by atoms with van der Waals surface area (Å²) >= 11 is 5.83. The van der Waals surface area contributed by atoms with Gasteiger partial charge in [-0.15, -0.1) is 0 Å². The van der Waals surface area contributed by atoms with Gasteiger partial charge in [0.15, 0.2) is 0 Å². The minimum absolute atomic E-state index is 0.548. The molecule has 1 aromatic rings. The van der Waals surface area contributed by atoms with Gasteiger partial charge in [0.2, 0.25) is 0 Å². The highest BCUT2D eigenvalue weighted by molar-refractivity contribution is 6.29. The van der Waals surface area contributed by atoms with Crippen molar-refractivity contribution < 1.29 is 0 Å². The van der Waals surface area contributed by atoms with Gasteiger partial charge in [-0.25, -0.2) is 4.98 Å². The standard InChI is InChI=1S/C12H18ClN3/c1-2-16-6-4-10(9-16)8-15-11-3-5-14-12(13)7-11/h3,5,7,10H,2,4,6,8-9H2,1H3,(H,14,15). The number of hydrogen-bond donors (Lipinski definition) is 1. The van der Waals surface area contributed by atoms with Crippen LogP contribution in [0.2, 0.25) is 5.15 Å². The molecule has 2 rings (SSSR count). The Morgan fingerprint density at radius 2 is 2.50 bits per heavy atom. The molecule has 1 unspecified atom stereocenters. The van der Waals surface area contributed by atoms with E-state index in [-0.39, 0.29) is 0 Å². The second-order valence-electron chi connectivity index (χ2n) is 4.30. The van der Waals surface area contributed by atoms with Crippen LogP contribution in [0.5, 0.6) is 0 Å². The summed E-state index contributed by atoms with van der Waals surface area (Å²) in [5, 5.41) is 3.97. The Bertz CT molecular complexity index is 343. The third kappa shape index (κ3) is 3.09. The maximum Gasteiger partial charge on any atom is 0.131 e. The van der Waals surface area contributed by atoms with Gasteiger partial charge < -0.3 is 10.2 Å². The Labute approximate surface area is 102 Å². The van der Waals surface area contributed by atoms with Crippen LogP contribution in [0.15, 0.2) is 18.3 Å². The second-order valence-corrected chi connectivity index (χ2v) is 4.68. The normalized spacial score (nSPS) is 21.2. The van der Waals surface area contributed by atoms with E-state index < -0.39 is 0 Å². The lowest BCUT2D eigenvalue weighted by Crippen LogP contribution is -2.22. The van der Waals surface area contributed by atoms with E-state index in [9.17, 15) is 0 Å². The summed E-state index contributed by atoms with van der Waals surface area (Å²) in [7, 11) is 0. The Morgan fingerprint density at radius 1 is 1.62 bits per heavy atom. The van der Waals surface area contributed by atoms with Crippen LogP contribution in [0.1, 0.15) is 13.3 Å². The first-order valence-corrected chi connectivity index (χ1v) is 6.23. The summed E-state index contributed by atoms with van der Waals surface area (Å²) in [4.78, 5) is 6.45. The molecule has 0 saturated carbocycles. The SMILES string of the molecule is CCN1CCC(CNc2ccnc(Cl)c2)C1. The van der Waals surface area contributed by atoms with E-state index in [2.05, 4.69) is 22.1 Å². The Hall–Kier alpha value is -0.800. The molecule has 0 bridgehead atoms. The molecule has 16 heavy (non-hydrogen) atoms. The maximum atomic E-state index is 5.83. The highest BCUT2D eigenvalue weighted by Crippen LogP contribution is 2.17. The third-order valence-corrected chi connectivity index (χ3v) is 3.35. The van der Waals surface area contributed by atoms with E-state index in [4.69, 9.17) is 11.6 Å². The average Bonchev–Trinajstić information content (AvgIpc) is 2.74. The van der Waals surface area contributed by atoms with Crippen molar-refractivity contribution in [2.24, 2.45) is 5.92 Å². The van der Waals surface area contributed by atoms with Crippen molar-refractivity contribution in [2.45, 2.75) is 13.3 Å². The highest BCUT2D eigenvalue weighted by Gasteiger charge is 2.20. The molecule has 0 radical (unpaired) electrons. The van der Waals surface area contributed by atoms with Crippen LogP contribution in [0.4, 0.5) is 5.69 Å². The largest absolute Gasteiger partial charge is 0.385 e. The zero-order chi connectivity index (χ0) is 11.4.